The van der Waals surface area contributed by atoms with Gasteiger partial charge in [-0.3, -0.25) is 9.97 Å². The Labute approximate surface area is 203 Å². The van der Waals surface area contributed by atoms with Crippen molar-refractivity contribution in [3.05, 3.63) is 57.7 Å². The van der Waals surface area contributed by atoms with Gasteiger partial charge >= 0.3 is 6.18 Å². The van der Waals surface area contributed by atoms with E-state index in [4.69, 9.17) is 14.5 Å². The van der Waals surface area contributed by atoms with Gasteiger partial charge in [-0.1, -0.05) is 26.3 Å². The number of pyridine rings is 2. The third kappa shape index (κ3) is 3.63. The molecule has 2 aliphatic carbocycles. The van der Waals surface area contributed by atoms with Crippen molar-refractivity contribution in [2.45, 2.75) is 88.7 Å². The van der Waals surface area contributed by atoms with Crippen LogP contribution in [0.4, 0.5) is 13.2 Å². The van der Waals surface area contributed by atoms with Crippen LogP contribution in [0.1, 0.15) is 110 Å². The van der Waals surface area contributed by atoms with Crippen molar-refractivity contribution < 1.29 is 27.8 Å². The highest BCUT2D eigenvalue weighted by Gasteiger charge is 2.54. The van der Waals surface area contributed by atoms with Crippen molar-refractivity contribution in [2.24, 2.45) is 5.41 Å². The topological polar surface area (TPSA) is 64.5 Å². The Morgan fingerprint density at radius 2 is 1.83 bits per heavy atom. The Hall–Kier alpha value is -2.03. The molecule has 1 N–H and O–H groups in total. The molecule has 5 nitrogen and oxygen atoms in total. The number of rotatable bonds is 2. The second-order valence-electron chi connectivity index (χ2n) is 11.1. The zero-order valence-electron chi connectivity index (χ0n) is 20.1. The van der Waals surface area contributed by atoms with E-state index in [9.17, 15) is 18.3 Å². The molecule has 1 saturated carbocycles. The lowest BCUT2D eigenvalue weighted by atomic mass is 9.58. The molecule has 2 aromatic heterocycles. The van der Waals surface area contributed by atoms with Gasteiger partial charge in [0.1, 0.15) is 11.8 Å². The molecule has 2 aromatic rings. The molecule has 35 heavy (non-hydrogen) atoms. The van der Waals surface area contributed by atoms with E-state index in [1.54, 1.807) is 0 Å². The molecule has 2 aliphatic heterocycles. The first-order chi connectivity index (χ1) is 16.6. The lowest BCUT2D eigenvalue weighted by Crippen LogP contribution is -2.40. The molecule has 0 amide bonds. The summed E-state index contributed by atoms with van der Waals surface area (Å²) in [5.74, 6) is 0.0916. The van der Waals surface area contributed by atoms with Gasteiger partial charge in [0.25, 0.3) is 0 Å². The molecule has 4 heterocycles. The predicted molar refractivity (Wildman–Crippen MR) is 122 cm³/mol. The van der Waals surface area contributed by atoms with Crippen molar-refractivity contribution in [1.29, 1.82) is 0 Å². The van der Waals surface area contributed by atoms with Crippen molar-refractivity contribution in [3.63, 3.8) is 0 Å². The highest BCUT2D eigenvalue weighted by molar-refractivity contribution is 5.54. The zero-order chi connectivity index (χ0) is 24.6. The highest BCUT2D eigenvalue weighted by Crippen LogP contribution is 2.60. The number of alkyl halides is 3. The minimum Gasteiger partial charge on any atom is -0.388 e. The summed E-state index contributed by atoms with van der Waals surface area (Å²) in [5.41, 5.74) is 3.85. The predicted octanol–water partition coefficient (Wildman–Crippen LogP) is 5.89. The number of aliphatic hydroxyl groups excluding tert-OH is 1. The van der Waals surface area contributed by atoms with E-state index in [2.05, 4.69) is 18.8 Å². The summed E-state index contributed by atoms with van der Waals surface area (Å²) in [7, 11) is 0. The SMILES string of the molecule is CC(C)c1nc2c(c3c1[C@@H](c1ccc(C(F)(F)F)nc1)OC31CCOCC1)[C@@H](O)CC1(CCC1)C2. The first kappa shape index (κ1) is 23.4. The summed E-state index contributed by atoms with van der Waals surface area (Å²) < 4.78 is 52.0. The maximum absolute atomic E-state index is 13.2. The summed E-state index contributed by atoms with van der Waals surface area (Å²) in [6, 6.07) is 2.48. The number of aromatic nitrogens is 2. The second kappa shape index (κ2) is 7.98. The van der Waals surface area contributed by atoms with Crippen molar-refractivity contribution in [2.75, 3.05) is 13.2 Å². The fourth-order valence-electron chi connectivity index (χ4n) is 6.75. The number of fused-ring (bicyclic) bond motifs is 4. The average Bonchev–Trinajstić information content (AvgIpc) is 3.11. The summed E-state index contributed by atoms with van der Waals surface area (Å²) in [6.07, 6.45) is 1.88. The molecule has 0 aromatic carbocycles. The normalized spacial score (nSPS) is 26.6. The third-order valence-corrected chi connectivity index (χ3v) is 8.59. The van der Waals surface area contributed by atoms with Crippen molar-refractivity contribution >= 4 is 0 Å². The molecular weight excluding hydrogens is 457 g/mol. The standard InChI is InChI=1S/C27H31F3N2O3/c1-15(2)23-21-22(20-17(32-23)12-25(6-3-7-25)13-18(20)33)26(8-10-34-11-9-26)35-24(21)16-4-5-19(31-14-16)27(28,29)30/h4-5,14-15,18,24,33H,3,6-13H2,1-2H3/t18-,24+/m0/s1. The fourth-order valence-corrected chi connectivity index (χ4v) is 6.75. The van der Waals surface area contributed by atoms with Crippen LogP contribution in [0.2, 0.25) is 0 Å². The van der Waals surface area contributed by atoms with Crippen LogP contribution in [0.25, 0.3) is 0 Å². The molecular formula is C27H31F3N2O3. The van der Waals surface area contributed by atoms with Gasteiger partial charge in [-0.25, -0.2) is 0 Å². The van der Waals surface area contributed by atoms with Crippen LogP contribution in [0.3, 0.4) is 0 Å². The van der Waals surface area contributed by atoms with Gasteiger partial charge in [-0.05, 0) is 48.6 Å². The van der Waals surface area contributed by atoms with E-state index < -0.39 is 29.7 Å². The molecule has 6 rings (SSSR count). The lowest BCUT2D eigenvalue weighted by molar-refractivity contribution is -0.141. The summed E-state index contributed by atoms with van der Waals surface area (Å²) in [6.45, 7) is 5.24. The maximum Gasteiger partial charge on any atom is 0.433 e. The van der Waals surface area contributed by atoms with E-state index in [-0.39, 0.29) is 11.3 Å². The Balaban J connectivity index is 1.55. The summed E-state index contributed by atoms with van der Waals surface area (Å²) in [5, 5.41) is 11.5. The van der Waals surface area contributed by atoms with Gasteiger partial charge in [0.2, 0.25) is 0 Å². The van der Waals surface area contributed by atoms with E-state index in [1.165, 1.54) is 18.7 Å². The van der Waals surface area contributed by atoms with Gasteiger partial charge < -0.3 is 14.6 Å². The second-order valence-corrected chi connectivity index (χ2v) is 11.1. The molecule has 2 atom stereocenters. The van der Waals surface area contributed by atoms with E-state index in [1.807, 2.05) is 0 Å². The average molecular weight is 489 g/mol. The zero-order valence-corrected chi connectivity index (χ0v) is 20.1. The number of halogens is 3. The minimum atomic E-state index is -4.50. The number of aliphatic hydroxyl groups is 1. The number of ether oxygens (including phenoxy) is 2. The van der Waals surface area contributed by atoms with Crippen LogP contribution in [0, 0.1) is 5.41 Å². The largest absolute Gasteiger partial charge is 0.433 e. The molecule has 8 heteroatoms. The van der Waals surface area contributed by atoms with Gasteiger partial charge in [-0.2, -0.15) is 13.2 Å². The molecule has 1 saturated heterocycles. The third-order valence-electron chi connectivity index (χ3n) is 8.59. The van der Waals surface area contributed by atoms with Gasteiger partial charge in [0.15, 0.2) is 0 Å². The van der Waals surface area contributed by atoms with Crippen molar-refractivity contribution in [1.82, 2.24) is 9.97 Å². The quantitative estimate of drug-likeness (QED) is 0.571. The molecule has 0 radical (unpaired) electrons. The lowest BCUT2D eigenvalue weighted by Gasteiger charge is -2.48. The summed E-state index contributed by atoms with van der Waals surface area (Å²) >= 11 is 0. The smallest absolute Gasteiger partial charge is 0.388 e. The van der Waals surface area contributed by atoms with E-state index in [0.717, 1.165) is 59.8 Å². The van der Waals surface area contributed by atoms with Gasteiger partial charge in [-0.15, -0.1) is 0 Å². The highest BCUT2D eigenvalue weighted by atomic mass is 19.4. The number of nitrogens with zero attached hydrogens (tertiary/aromatic N) is 2. The molecule has 0 unspecified atom stereocenters. The van der Waals surface area contributed by atoms with Crippen LogP contribution < -0.4 is 0 Å². The summed E-state index contributed by atoms with van der Waals surface area (Å²) in [4.78, 5) is 8.87. The van der Waals surface area contributed by atoms with Crippen LogP contribution in [0.15, 0.2) is 18.3 Å². The molecule has 188 valence electrons. The van der Waals surface area contributed by atoms with E-state index >= 15 is 0 Å². The Morgan fingerprint density at radius 1 is 1.09 bits per heavy atom. The van der Waals surface area contributed by atoms with Crippen LogP contribution >= 0.6 is 0 Å². The Morgan fingerprint density at radius 3 is 2.40 bits per heavy atom. The van der Waals surface area contributed by atoms with Crippen molar-refractivity contribution in [3.8, 4) is 0 Å². The maximum atomic E-state index is 13.2. The first-order valence-corrected chi connectivity index (χ1v) is 12.7. The fraction of sp³-hybridized carbons (Fsp3) is 0.630. The first-order valence-electron chi connectivity index (χ1n) is 12.7. The van der Waals surface area contributed by atoms with E-state index in [0.29, 0.717) is 31.6 Å². The molecule has 2 fully saturated rings. The Bertz CT molecular complexity index is 1140. The van der Waals surface area contributed by atoms with Gasteiger partial charge in [0.05, 0.1) is 11.7 Å². The minimum absolute atomic E-state index is 0.0916. The molecule has 2 spiro atoms. The molecule has 4 aliphatic rings. The number of hydrogen-bond acceptors (Lipinski definition) is 5. The van der Waals surface area contributed by atoms with Gasteiger partial charge in [0, 0.05) is 60.3 Å². The molecule has 0 bridgehead atoms. The number of hydrogen-bond donors (Lipinski definition) is 1. The van der Waals surface area contributed by atoms with Crippen LogP contribution in [-0.2, 0) is 27.7 Å². The Kier molecular flexibility index (Phi) is 5.33. The monoisotopic (exact) mass is 488 g/mol. The van der Waals surface area contributed by atoms with Crippen LogP contribution in [-0.4, -0.2) is 28.3 Å². The van der Waals surface area contributed by atoms with Crippen LogP contribution in [0.5, 0.6) is 0 Å².